The van der Waals surface area contributed by atoms with E-state index in [4.69, 9.17) is 9.72 Å². The zero-order valence-electron chi connectivity index (χ0n) is 16.9. The van der Waals surface area contributed by atoms with Crippen LogP contribution >= 0.6 is 11.3 Å². The van der Waals surface area contributed by atoms with Crippen LogP contribution in [-0.4, -0.2) is 21.5 Å². The molecule has 0 saturated heterocycles. The number of aromatic nitrogens is 3. The average molecular weight is 421 g/mol. The zero-order valence-corrected chi connectivity index (χ0v) is 17.7. The molecule has 3 aromatic heterocycles. The van der Waals surface area contributed by atoms with E-state index < -0.39 is 0 Å². The molecule has 4 nitrogen and oxygen atoms in total. The molecule has 0 atom stereocenters. The molecule has 0 amide bonds. The van der Waals surface area contributed by atoms with Crippen molar-refractivity contribution in [1.82, 2.24) is 14.4 Å². The van der Waals surface area contributed by atoms with Gasteiger partial charge in [0.25, 0.3) is 0 Å². The summed E-state index contributed by atoms with van der Waals surface area (Å²) in [5, 5.41) is 0. The molecule has 0 unspecified atom stereocenters. The van der Waals surface area contributed by atoms with Gasteiger partial charge >= 0.3 is 0 Å². The summed E-state index contributed by atoms with van der Waals surface area (Å²) in [6, 6.07) is 22.1. The fraction of sp³-hybridized carbons (Fsp3) is 0.0769. The molecule has 5 heteroatoms. The van der Waals surface area contributed by atoms with E-state index in [1.807, 2.05) is 59.1 Å². The zero-order chi connectivity index (χ0) is 21.0. The van der Waals surface area contributed by atoms with Crippen molar-refractivity contribution in [3.63, 3.8) is 0 Å². The van der Waals surface area contributed by atoms with Gasteiger partial charge in [-0.05, 0) is 42.0 Å². The molecular weight excluding hydrogens is 402 g/mol. The summed E-state index contributed by atoms with van der Waals surface area (Å²) in [6.07, 6.45) is 7.72. The van der Waals surface area contributed by atoms with E-state index in [-0.39, 0.29) is 0 Å². The molecule has 149 valence electrons. The third kappa shape index (κ3) is 4.20. The van der Waals surface area contributed by atoms with Gasteiger partial charge in [-0.25, -0.2) is 4.98 Å². The second kappa shape index (κ2) is 8.47. The maximum Gasteiger partial charge on any atom is 0.160 e. The first-order chi connectivity index (χ1) is 15.3. The number of thiophene rings is 1. The van der Waals surface area contributed by atoms with Crippen LogP contribution in [-0.2, 0) is 6.42 Å². The van der Waals surface area contributed by atoms with Gasteiger partial charge in [0.2, 0.25) is 0 Å². The molecule has 5 rings (SSSR count). The minimum atomic E-state index is 0.691. The van der Waals surface area contributed by atoms with E-state index in [1.165, 1.54) is 0 Å². The number of rotatable bonds is 4. The van der Waals surface area contributed by atoms with Gasteiger partial charge in [-0.2, -0.15) is 0 Å². The van der Waals surface area contributed by atoms with Gasteiger partial charge in [-0.1, -0.05) is 42.2 Å². The molecule has 2 aromatic carbocycles. The van der Waals surface area contributed by atoms with E-state index >= 15 is 0 Å². The third-order valence-electron chi connectivity index (χ3n) is 4.85. The van der Waals surface area contributed by atoms with Crippen LogP contribution in [0.15, 0.2) is 79.1 Å². The Morgan fingerprint density at radius 2 is 1.84 bits per heavy atom. The molecule has 31 heavy (non-hydrogen) atoms. The van der Waals surface area contributed by atoms with Crippen LogP contribution < -0.4 is 4.74 Å². The number of hydrogen-bond donors (Lipinski definition) is 0. The van der Waals surface area contributed by atoms with E-state index in [9.17, 15) is 0 Å². The Balaban J connectivity index is 1.42. The predicted octanol–water partition coefficient (Wildman–Crippen LogP) is 5.26. The van der Waals surface area contributed by atoms with Crippen molar-refractivity contribution in [2.75, 3.05) is 7.11 Å². The number of benzene rings is 2. The van der Waals surface area contributed by atoms with Crippen molar-refractivity contribution in [3.8, 4) is 28.2 Å². The highest BCUT2D eigenvalue weighted by Crippen LogP contribution is 2.28. The monoisotopic (exact) mass is 420 g/mol. The molecule has 0 spiro atoms. The van der Waals surface area contributed by atoms with Crippen molar-refractivity contribution in [2.45, 2.75) is 6.42 Å². The second-order valence-corrected chi connectivity index (χ2v) is 8.03. The van der Waals surface area contributed by atoms with Gasteiger partial charge in [0.1, 0.15) is 17.6 Å². The van der Waals surface area contributed by atoms with Crippen molar-refractivity contribution in [1.29, 1.82) is 0 Å². The first-order valence-corrected chi connectivity index (χ1v) is 10.7. The summed E-state index contributed by atoms with van der Waals surface area (Å²) in [5.74, 6) is 7.28. The van der Waals surface area contributed by atoms with E-state index in [2.05, 4.69) is 41.2 Å². The Labute approximate surface area is 184 Å². The van der Waals surface area contributed by atoms with E-state index in [0.29, 0.717) is 6.42 Å². The first kappa shape index (κ1) is 19.1. The van der Waals surface area contributed by atoms with Crippen molar-refractivity contribution < 1.29 is 4.74 Å². The molecule has 0 bridgehead atoms. The Hall–Kier alpha value is -3.88. The average Bonchev–Trinajstić information content (AvgIpc) is 3.46. The summed E-state index contributed by atoms with van der Waals surface area (Å²) in [4.78, 5) is 11.4. The molecule has 0 aliphatic rings. The quantitative estimate of drug-likeness (QED) is 0.373. The maximum absolute atomic E-state index is 5.24. The first-order valence-electron chi connectivity index (χ1n) is 9.84. The van der Waals surface area contributed by atoms with E-state index in [0.717, 1.165) is 43.7 Å². The number of hydrogen-bond acceptors (Lipinski definition) is 4. The highest BCUT2D eigenvalue weighted by atomic mass is 32.1. The molecule has 0 aliphatic carbocycles. The molecule has 0 saturated carbocycles. The second-order valence-electron chi connectivity index (χ2n) is 6.94. The van der Waals surface area contributed by atoms with Gasteiger partial charge in [0.05, 0.1) is 22.6 Å². The Morgan fingerprint density at radius 1 is 1.00 bits per heavy atom. The normalized spacial score (nSPS) is 10.6. The molecule has 5 aromatic rings. The van der Waals surface area contributed by atoms with Crippen molar-refractivity contribution >= 4 is 17.0 Å². The van der Waals surface area contributed by atoms with Crippen LogP contribution in [0.25, 0.3) is 16.2 Å². The lowest BCUT2D eigenvalue weighted by atomic mass is 10.1. The molecule has 0 aliphatic heterocycles. The molecule has 1 radical (unpaired) electrons. The van der Waals surface area contributed by atoms with Crippen LogP contribution in [0, 0.1) is 18.0 Å². The highest BCUT2D eigenvalue weighted by Gasteiger charge is 2.12. The Bertz CT molecular complexity index is 1390. The molecular formula is C26H18N3OS. The number of imidazole rings is 1. The lowest BCUT2D eigenvalue weighted by molar-refractivity contribution is 0.414. The Morgan fingerprint density at radius 3 is 2.65 bits per heavy atom. The van der Waals surface area contributed by atoms with Gasteiger partial charge in [-0.3, -0.25) is 9.38 Å². The molecule has 0 N–H and O–H groups in total. The summed E-state index contributed by atoms with van der Waals surface area (Å²) in [7, 11) is 1.67. The summed E-state index contributed by atoms with van der Waals surface area (Å²) < 4.78 is 7.15. The maximum atomic E-state index is 5.24. The number of nitrogens with zero attached hydrogens (tertiary/aromatic N) is 3. The minimum Gasteiger partial charge on any atom is -0.497 e. The largest absolute Gasteiger partial charge is 0.497 e. The van der Waals surface area contributed by atoms with Crippen LogP contribution in [0.4, 0.5) is 0 Å². The van der Waals surface area contributed by atoms with Crippen molar-refractivity contribution in [2.24, 2.45) is 0 Å². The fourth-order valence-corrected chi connectivity index (χ4v) is 4.07. The van der Waals surface area contributed by atoms with E-state index in [1.54, 1.807) is 24.6 Å². The smallest absolute Gasteiger partial charge is 0.160 e. The summed E-state index contributed by atoms with van der Waals surface area (Å²) in [5.41, 5.74) is 4.70. The lowest BCUT2D eigenvalue weighted by Crippen LogP contribution is -1.97. The van der Waals surface area contributed by atoms with Crippen LogP contribution in [0.1, 0.15) is 21.7 Å². The fourth-order valence-electron chi connectivity index (χ4n) is 3.27. The summed E-state index contributed by atoms with van der Waals surface area (Å²) in [6.45, 7) is 0. The SMILES string of the molecule is COc1ccc(Cc2nccn3[c]c(-c4ccc(C#Cc5ccccc5)s4)nc23)cc1. The summed E-state index contributed by atoms with van der Waals surface area (Å²) >= 11 is 1.62. The van der Waals surface area contributed by atoms with Gasteiger partial charge in [0, 0.05) is 24.4 Å². The molecule has 3 heterocycles. The lowest BCUT2D eigenvalue weighted by Gasteiger charge is -2.04. The van der Waals surface area contributed by atoms with Gasteiger partial charge < -0.3 is 4.74 Å². The minimum absolute atomic E-state index is 0.691. The number of fused-ring (bicyclic) bond motifs is 1. The van der Waals surface area contributed by atoms with Gasteiger partial charge in [0.15, 0.2) is 5.65 Å². The third-order valence-corrected chi connectivity index (χ3v) is 5.86. The topological polar surface area (TPSA) is 39.4 Å². The Kier molecular flexibility index (Phi) is 5.22. The van der Waals surface area contributed by atoms with Gasteiger partial charge in [-0.15, -0.1) is 11.3 Å². The van der Waals surface area contributed by atoms with Crippen LogP contribution in [0.3, 0.4) is 0 Å². The molecule has 0 fully saturated rings. The highest BCUT2D eigenvalue weighted by molar-refractivity contribution is 7.16. The van der Waals surface area contributed by atoms with Crippen LogP contribution in [0.2, 0.25) is 0 Å². The van der Waals surface area contributed by atoms with Crippen molar-refractivity contribution in [3.05, 3.63) is 107 Å². The number of ether oxygens (including phenoxy) is 1. The van der Waals surface area contributed by atoms with Crippen LogP contribution in [0.5, 0.6) is 5.75 Å². The standard InChI is InChI=1S/C26H18N3OS/c1-30-21-10-7-20(8-11-21)17-23-26-28-24(18-29(26)16-15-27-23)25-14-13-22(31-25)12-9-19-5-3-2-4-6-19/h2-8,10-11,13-16H,17H2,1H3. The predicted molar refractivity (Wildman–Crippen MR) is 123 cm³/mol. The number of methoxy groups -OCH3 is 1.